The molecule has 0 amide bonds. The van der Waals surface area contributed by atoms with Crippen LogP contribution in [0.15, 0.2) is 40.9 Å². The molecule has 2 N–H and O–H groups in total. The Balaban J connectivity index is 1.90. The van der Waals surface area contributed by atoms with E-state index in [1.807, 2.05) is 0 Å². The minimum Gasteiger partial charge on any atom is -0.496 e. The van der Waals surface area contributed by atoms with Gasteiger partial charge in [0.2, 0.25) is 0 Å². The van der Waals surface area contributed by atoms with Gasteiger partial charge in [-0.3, -0.25) is 0 Å². The van der Waals surface area contributed by atoms with E-state index < -0.39 is 0 Å². The molecule has 1 aliphatic rings. The summed E-state index contributed by atoms with van der Waals surface area (Å²) in [6.07, 6.45) is 1.91. The normalized spacial score (nSPS) is 15.8. The van der Waals surface area contributed by atoms with E-state index in [1.165, 1.54) is 17.2 Å². The molecule has 1 aliphatic carbocycles. The van der Waals surface area contributed by atoms with Gasteiger partial charge in [0.15, 0.2) is 0 Å². The second-order valence-corrected chi connectivity index (χ2v) is 6.33. The molecule has 1 atom stereocenters. The highest BCUT2D eigenvalue weighted by molar-refractivity contribution is 9.10. The SMILES string of the molecule is COc1cc(F)c(Br)cc1C(N)C1Cc2ccccc2C1. The zero-order valence-corrected chi connectivity index (χ0v) is 13.4. The van der Waals surface area contributed by atoms with Gasteiger partial charge in [0, 0.05) is 17.7 Å². The lowest BCUT2D eigenvalue weighted by atomic mass is 9.91. The van der Waals surface area contributed by atoms with Crippen LogP contribution in [0.3, 0.4) is 0 Å². The van der Waals surface area contributed by atoms with Crippen LogP contribution in [-0.2, 0) is 12.8 Å². The molecule has 110 valence electrons. The highest BCUT2D eigenvalue weighted by atomic mass is 79.9. The van der Waals surface area contributed by atoms with Crippen LogP contribution in [0.2, 0.25) is 0 Å². The third-order valence-corrected chi connectivity index (χ3v) is 4.83. The Morgan fingerprint density at radius 1 is 1.24 bits per heavy atom. The number of hydrogen-bond donors (Lipinski definition) is 1. The summed E-state index contributed by atoms with van der Waals surface area (Å²) in [5.74, 6) is 0.491. The minimum absolute atomic E-state index is 0.177. The van der Waals surface area contributed by atoms with E-state index in [0.717, 1.165) is 18.4 Å². The predicted molar refractivity (Wildman–Crippen MR) is 84.9 cm³/mol. The van der Waals surface area contributed by atoms with Crippen molar-refractivity contribution >= 4 is 15.9 Å². The van der Waals surface area contributed by atoms with Gasteiger partial charge in [-0.25, -0.2) is 4.39 Å². The number of nitrogens with two attached hydrogens (primary N) is 1. The average Bonchev–Trinajstić information content (AvgIpc) is 2.92. The Hall–Kier alpha value is -1.39. The van der Waals surface area contributed by atoms with E-state index in [0.29, 0.717) is 16.1 Å². The molecule has 2 nitrogen and oxygen atoms in total. The lowest BCUT2D eigenvalue weighted by Crippen LogP contribution is -2.22. The molecule has 0 aromatic heterocycles. The summed E-state index contributed by atoms with van der Waals surface area (Å²) in [7, 11) is 1.54. The van der Waals surface area contributed by atoms with Crippen LogP contribution in [0.5, 0.6) is 5.75 Å². The molecule has 1 unspecified atom stereocenters. The molecular weight excluding hydrogens is 333 g/mol. The molecule has 3 rings (SSSR count). The molecule has 0 spiro atoms. The molecule has 4 heteroatoms. The molecule has 0 aliphatic heterocycles. The fourth-order valence-corrected chi connectivity index (χ4v) is 3.44. The summed E-state index contributed by atoms with van der Waals surface area (Å²) >= 11 is 3.23. The maximum Gasteiger partial charge on any atom is 0.141 e. The van der Waals surface area contributed by atoms with Crippen LogP contribution >= 0.6 is 15.9 Å². The number of methoxy groups -OCH3 is 1. The van der Waals surface area contributed by atoms with E-state index in [2.05, 4.69) is 40.2 Å². The van der Waals surface area contributed by atoms with Crippen molar-refractivity contribution in [3.8, 4) is 5.75 Å². The summed E-state index contributed by atoms with van der Waals surface area (Å²) in [6.45, 7) is 0. The van der Waals surface area contributed by atoms with Gasteiger partial charge in [-0.2, -0.15) is 0 Å². The molecule has 2 aromatic rings. The van der Waals surface area contributed by atoms with Gasteiger partial charge >= 0.3 is 0 Å². The second-order valence-electron chi connectivity index (χ2n) is 5.47. The van der Waals surface area contributed by atoms with Crippen LogP contribution in [0.25, 0.3) is 0 Å². The van der Waals surface area contributed by atoms with E-state index in [1.54, 1.807) is 13.2 Å². The molecule has 2 aromatic carbocycles. The number of hydrogen-bond acceptors (Lipinski definition) is 2. The van der Waals surface area contributed by atoms with Crippen molar-refractivity contribution in [2.75, 3.05) is 7.11 Å². The lowest BCUT2D eigenvalue weighted by molar-refractivity contribution is 0.384. The van der Waals surface area contributed by atoms with Gasteiger partial charge in [0.25, 0.3) is 0 Å². The van der Waals surface area contributed by atoms with Gasteiger partial charge in [-0.05, 0) is 51.9 Å². The van der Waals surface area contributed by atoms with Crippen LogP contribution < -0.4 is 10.5 Å². The minimum atomic E-state index is -0.336. The first-order valence-corrected chi connectivity index (χ1v) is 7.74. The maximum atomic E-state index is 13.6. The molecule has 0 heterocycles. The van der Waals surface area contributed by atoms with Crippen molar-refractivity contribution in [1.29, 1.82) is 0 Å². The van der Waals surface area contributed by atoms with Crippen LogP contribution in [0, 0.1) is 11.7 Å². The van der Waals surface area contributed by atoms with Crippen LogP contribution in [-0.4, -0.2) is 7.11 Å². The Morgan fingerprint density at radius 2 is 1.86 bits per heavy atom. The zero-order valence-electron chi connectivity index (χ0n) is 11.8. The fraction of sp³-hybridized carbons (Fsp3) is 0.294. The number of rotatable bonds is 3. The first kappa shape index (κ1) is 14.5. The molecule has 0 radical (unpaired) electrons. The molecule has 0 fully saturated rings. The number of halogens is 2. The third-order valence-electron chi connectivity index (χ3n) is 4.22. The summed E-state index contributed by atoms with van der Waals surface area (Å²) in [6, 6.07) is 11.4. The third kappa shape index (κ3) is 2.70. The first-order valence-electron chi connectivity index (χ1n) is 6.95. The van der Waals surface area contributed by atoms with E-state index in [-0.39, 0.29) is 11.9 Å². The van der Waals surface area contributed by atoms with Crippen molar-refractivity contribution in [3.63, 3.8) is 0 Å². The van der Waals surface area contributed by atoms with Crippen LogP contribution in [0.1, 0.15) is 22.7 Å². The number of ether oxygens (including phenoxy) is 1. The largest absolute Gasteiger partial charge is 0.496 e. The Kier molecular flexibility index (Phi) is 4.00. The molecule has 0 saturated heterocycles. The molecule has 0 bridgehead atoms. The van der Waals surface area contributed by atoms with Gasteiger partial charge in [-0.15, -0.1) is 0 Å². The summed E-state index contributed by atoms with van der Waals surface area (Å²) < 4.78 is 19.4. The van der Waals surface area contributed by atoms with E-state index >= 15 is 0 Å². The smallest absolute Gasteiger partial charge is 0.141 e. The monoisotopic (exact) mass is 349 g/mol. The van der Waals surface area contributed by atoms with Gasteiger partial charge in [0.05, 0.1) is 11.6 Å². The number of benzene rings is 2. The molecule has 0 saturated carbocycles. The first-order chi connectivity index (χ1) is 10.1. The van der Waals surface area contributed by atoms with Gasteiger partial charge in [0.1, 0.15) is 11.6 Å². The highest BCUT2D eigenvalue weighted by Crippen LogP contribution is 2.38. The second kappa shape index (κ2) is 5.78. The van der Waals surface area contributed by atoms with E-state index in [9.17, 15) is 4.39 Å². The van der Waals surface area contributed by atoms with Crippen molar-refractivity contribution < 1.29 is 9.13 Å². The summed E-state index contributed by atoms with van der Waals surface area (Å²) in [4.78, 5) is 0. The van der Waals surface area contributed by atoms with Gasteiger partial charge in [-0.1, -0.05) is 24.3 Å². The molecular formula is C17H17BrFNO. The quantitative estimate of drug-likeness (QED) is 0.908. The average molecular weight is 350 g/mol. The summed E-state index contributed by atoms with van der Waals surface area (Å²) in [5.41, 5.74) is 10.0. The topological polar surface area (TPSA) is 35.2 Å². The number of fused-ring (bicyclic) bond motifs is 1. The Morgan fingerprint density at radius 3 is 2.43 bits per heavy atom. The van der Waals surface area contributed by atoms with E-state index in [4.69, 9.17) is 10.5 Å². The van der Waals surface area contributed by atoms with Crippen molar-refractivity contribution in [2.45, 2.75) is 18.9 Å². The lowest BCUT2D eigenvalue weighted by Gasteiger charge is -2.22. The summed E-state index contributed by atoms with van der Waals surface area (Å²) in [5, 5.41) is 0. The van der Waals surface area contributed by atoms with Crippen molar-refractivity contribution in [2.24, 2.45) is 11.7 Å². The van der Waals surface area contributed by atoms with Gasteiger partial charge < -0.3 is 10.5 Å². The van der Waals surface area contributed by atoms with Crippen molar-refractivity contribution in [1.82, 2.24) is 0 Å². The molecule has 21 heavy (non-hydrogen) atoms. The van der Waals surface area contributed by atoms with Crippen molar-refractivity contribution in [3.05, 3.63) is 63.4 Å². The zero-order chi connectivity index (χ0) is 15.0. The maximum absolute atomic E-state index is 13.6. The van der Waals surface area contributed by atoms with Crippen LogP contribution in [0.4, 0.5) is 4.39 Å². The fourth-order valence-electron chi connectivity index (χ4n) is 3.08. The highest BCUT2D eigenvalue weighted by Gasteiger charge is 2.29. The Labute approximate surface area is 132 Å². The predicted octanol–water partition coefficient (Wildman–Crippen LogP) is 4.01. The standard InChI is InChI=1S/C17H17BrFNO/c1-21-16-9-15(19)14(18)8-13(16)17(20)12-6-10-4-2-3-5-11(10)7-12/h2-5,8-9,12,17H,6-7,20H2,1H3. The Bertz CT molecular complexity index is 649.